The van der Waals surface area contributed by atoms with Crippen molar-refractivity contribution in [3.05, 3.63) is 51.1 Å². The quantitative estimate of drug-likeness (QED) is 0.226. The Bertz CT molecular complexity index is 1380. The molecule has 33 heavy (non-hydrogen) atoms. The SMILES string of the molecule is CCOC(=O)CCCSc1nnc2n(-c3ccccc3)c(=O)c3c4c(sc3n12)CN(C)CC4. The van der Waals surface area contributed by atoms with E-state index in [0.717, 1.165) is 46.1 Å². The Labute approximate surface area is 199 Å². The van der Waals surface area contributed by atoms with Gasteiger partial charge in [0, 0.05) is 30.1 Å². The summed E-state index contributed by atoms with van der Waals surface area (Å²) in [6, 6.07) is 9.60. The molecule has 8 nitrogen and oxygen atoms in total. The number of benzene rings is 1. The Morgan fingerprint density at radius 3 is 2.85 bits per heavy atom. The number of thiophene rings is 1. The van der Waals surface area contributed by atoms with Crippen LogP contribution in [0.15, 0.2) is 40.3 Å². The number of hydrogen-bond acceptors (Lipinski definition) is 8. The van der Waals surface area contributed by atoms with Crippen LogP contribution < -0.4 is 5.56 Å². The van der Waals surface area contributed by atoms with Crippen molar-refractivity contribution in [3.63, 3.8) is 0 Å². The molecular weight excluding hydrogens is 458 g/mol. The van der Waals surface area contributed by atoms with Gasteiger partial charge in [0.2, 0.25) is 5.78 Å². The number of rotatable bonds is 7. The molecule has 0 spiro atoms. The fraction of sp³-hybridized carbons (Fsp3) is 0.391. The number of aromatic nitrogens is 4. The molecule has 4 aromatic rings. The summed E-state index contributed by atoms with van der Waals surface area (Å²) in [5, 5.41) is 10.4. The maximum absolute atomic E-state index is 13.8. The third-order valence-corrected chi connectivity index (χ3v) is 7.96. The van der Waals surface area contributed by atoms with Crippen LogP contribution in [0.25, 0.3) is 21.7 Å². The van der Waals surface area contributed by atoms with Crippen LogP contribution in [0.5, 0.6) is 0 Å². The molecule has 5 rings (SSSR count). The smallest absolute Gasteiger partial charge is 0.305 e. The van der Waals surface area contributed by atoms with Crippen LogP contribution in [-0.2, 0) is 22.5 Å². The lowest BCUT2D eigenvalue weighted by molar-refractivity contribution is -0.143. The van der Waals surface area contributed by atoms with Gasteiger partial charge in [-0.15, -0.1) is 21.5 Å². The van der Waals surface area contributed by atoms with Crippen LogP contribution in [0.1, 0.15) is 30.2 Å². The number of fused-ring (bicyclic) bond motifs is 5. The largest absolute Gasteiger partial charge is 0.466 e. The Kier molecular flexibility index (Phi) is 6.22. The monoisotopic (exact) mass is 483 g/mol. The van der Waals surface area contributed by atoms with Gasteiger partial charge in [0.15, 0.2) is 5.16 Å². The summed E-state index contributed by atoms with van der Waals surface area (Å²) in [7, 11) is 2.11. The second kappa shape index (κ2) is 9.28. The molecule has 1 aliphatic heterocycles. The normalized spacial score (nSPS) is 14.1. The molecule has 0 atom stereocenters. The number of likely N-dealkylation sites (N-methyl/N-ethyl adjacent to an activating group) is 1. The number of esters is 1. The fourth-order valence-electron chi connectivity index (χ4n) is 4.20. The summed E-state index contributed by atoms with van der Waals surface area (Å²) < 4.78 is 8.70. The highest BCUT2D eigenvalue weighted by molar-refractivity contribution is 7.99. The number of hydrogen-bond donors (Lipinski definition) is 0. The zero-order chi connectivity index (χ0) is 22.9. The lowest BCUT2D eigenvalue weighted by Gasteiger charge is -2.21. The standard InChI is InChI=1S/C23H25N5O3S2/c1-3-31-18(29)10-7-13-32-23-25-24-22-27(15-8-5-4-6-9-15)20(30)19-16-11-12-26(2)14-17(16)33-21(19)28(22)23/h4-6,8-9H,3,7,10-14H2,1-2H3. The van der Waals surface area contributed by atoms with E-state index >= 15 is 0 Å². The molecule has 0 radical (unpaired) electrons. The van der Waals surface area contributed by atoms with Crippen molar-refractivity contribution >= 4 is 45.1 Å². The number of ether oxygens (including phenoxy) is 1. The maximum atomic E-state index is 13.8. The average molecular weight is 484 g/mol. The van der Waals surface area contributed by atoms with Crippen molar-refractivity contribution in [3.8, 4) is 5.69 Å². The van der Waals surface area contributed by atoms with Gasteiger partial charge in [-0.3, -0.25) is 9.59 Å². The topological polar surface area (TPSA) is 81.7 Å². The Morgan fingerprint density at radius 2 is 2.06 bits per heavy atom. The van der Waals surface area contributed by atoms with Gasteiger partial charge < -0.3 is 9.64 Å². The first-order valence-corrected chi connectivity index (χ1v) is 12.9. The zero-order valence-corrected chi connectivity index (χ0v) is 20.2. The summed E-state index contributed by atoms with van der Waals surface area (Å²) in [4.78, 5) is 29.9. The van der Waals surface area contributed by atoms with Crippen LogP contribution in [0.2, 0.25) is 0 Å². The van der Waals surface area contributed by atoms with Crippen LogP contribution in [0, 0.1) is 0 Å². The summed E-state index contributed by atoms with van der Waals surface area (Å²) in [6.07, 6.45) is 1.92. The number of para-hydroxylation sites is 1. The fourth-order valence-corrected chi connectivity index (χ4v) is 6.55. The van der Waals surface area contributed by atoms with Gasteiger partial charge in [-0.05, 0) is 44.5 Å². The van der Waals surface area contributed by atoms with Gasteiger partial charge in [-0.2, -0.15) is 0 Å². The second-order valence-electron chi connectivity index (χ2n) is 8.02. The molecular formula is C23H25N5O3S2. The summed E-state index contributed by atoms with van der Waals surface area (Å²) in [5.41, 5.74) is 1.88. The van der Waals surface area contributed by atoms with Crippen LogP contribution >= 0.6 is 23.1 Å². The molecule has 3 aromatic heterocycles. The van der Waals surface area contributed by atoms with Crippen LogP contribution in [-0.4, -0.2) is 56.0 Å². The van der Waals surface area contributed by atoms with Crippen LogP contribution in [0.3, 0.4) is 0 Å². The van der Waals surface area contributed by atoms with E-state index in [-0.39, 0.29) is 11.5 Å². The highest BCUT2D eigenvalue weighted by Crippen LogP contribution is 2.35. The van der Waals surface area contributed by atoms with E-state index in [1.54, 1.807) is 27.7 Å². The average Bonchev–Trinajstić information content (AvgIpc) is 3.39. The Balaban J connectivity index is 1.63. The molecule has 0 saturated carbocycles. The Hall–Kier alpha value is -2.69. The molecule has 0 fully saturated rings. The molecule has 0 bridgehead atoms. The number of thioether (sulfide) groups is 1. The van der Waals surface area contributed by atoms with Gasteiger partial charge >= 0.3 is 5.97 Å². The van der Waals surface area contributed by atoms with Crippen molar-refractivity contribution in [2.75, 3.05) is 26.0 Å². The molecule has 0 unspecified atom stereocenters. The minimum atomic E-state index is -0.181. The summed E-state index contributed by atoms with van der Waals surface area (Å²) >= 11 is 3.21. The number of carbonyl (C=O) groups excluding carboxylic acids is 1. The second-order valence-corrected chi connectivity index (χ2v) is 10.2. The van der Waals surface area contributed by atoms with E-state index in [1.165, 1.54) is 4.88 Å². The van der Waals surface area contributed by atoms with Crippen molar-refractivity contribution < 1.29 is 9.53 Å². The minimum absolute atomic E-state index is 0.0444. The minimum Gasteiger partial charge on any atom is -0.466 e. The van der Waals surface area contributed by atoms with E-state index < -0.39 is 0 Å². The van der Waals surface area contributed by atoms with E-state index in [4.69, 9.17) is 4.74 Å². The van der Waals surface area contributed by atoms with Crippen LogP contribution in [0.4, 0.5) is 0 Å². The van der Waals surface area contributed by atoms with E-state index in [9.17, 15) is 9.59 Å². The lowest BCUT2D eigenvalue weighted by Crippen LogP contribution is -2.27. The van der Waals surface area contributed by atoms with E-state index in [2.05, 4.69) is 22.1 Å². The lowest BCUT2D eigenvalue weighted by atomic mass is 10.1. The highest BCUT2D eigenvalue weighted by Gasteiger charge is 2.26. The van der Waals surface area contributed by atoms with Gasteiger partial charge in [0.05, 0.1) is 17.7 Å². The maximum Gasteiger partial charge on any atom is 0.305 e. The third kappa shape index (κ3) is 4.07. The summed E-state index contributed by atoms with van der Waals surface area (Å²) in [5.74, 6) is 1.04. The summed E-state index contributed by atoms with van der Waals surface area (Å²) in [6.45, 7) is 3.98. The number of carbonyl (C=O) groups is 1. The van der Waals surface area contributed by atoms with Crippen molar-refractivity contribution in [1.82, 2.24) is 24.1 Å². The van der Waals surface area contributed by atoms with E-state index in [0.29, 0.717) is 31.0 Å². The Morgan fingerprint density at radius 1 is 1.24 bits per heavy atom. The van der Waals surface area contributed by atoms with Gasteiger partial charge in [0.1, 0.15) is 4.83 Å². The highest BCUT2D eigenvalue weighted by atomic mass is 32.2. The molecule has 10 heteroatoms. The van der Waals surface area contributed by atoms with Crippen molar-refractivity contribution in [2.24, 2.45) is 0 Å². The third-order valence-electron chi connectivity index (χ3n) is 5.74. The molecule has 0 saturated heterocycles. The molecule has 1 aromatic carbocycles. The van der Waals surface area contributed by atoms with Crippen molar-refractivity contribution in [2.45, 2.75) is 37.9 Å². The predicted molar refractivity (Wildman–Crippen MR) is 131 cm³/mol. The molecule has 1 aliphatic rings. The molecule has 4 heterocycles. The molecule has 0 N–H and O–H groups in total. The predicted octanol–water partition coefficient (Wildman–Crippen LogP) is 3.52. The first-order chi connectivity index (χ1) is 16.1. The van der Waals surface area contributed by atoms with E-state index in [1.807, 2.05) is 41.7 Å². The molecule has 0 aliphatic carbocycles. The first-order valence-electron chi connectivity index (χ1n) is 11.0. The van der Waals surface area contributed by atoms with Crippen molar-refractivity contribution in [1.29, 1.82) is 0 Å². The first kappa shape index (κ1) is 22.1. The van der Waals surface area contributed by atoms with Gasteiger partial charge in [-0.1, -0.05) is 30.0 Å². The zero-order valence-electron chi connectivity index (χ0n) is 18.6. The van der Waals surface area contributed by atoms with Gasteiger partial charge in [0.25, 0.3) is 5.56 Å². The number of nitrogens with zero attached hydrogens (tertiary/aromatic N) is 5. The molecule has 0 amide bonds. The molecule has 172 valence electrons. The van der Waals surface area contributed by atoms with Gasteiger partial charge in [-0.25, -0.2) is 8.97 Å².